The third kappa shape index (κ3) is 2.94. The van der Waals surface area contributed by atoms with E-state index in [2.05, 4.69) is 37.9 Å². The summed E-state index contributed by atoms with van der Waals surface area (Å²) in [6, 6.07) is 0.693. The number of nitrogens with one attached hydrogen (secondary N) is 1. The van der Waals surface area contributed by atoms with E-state index in [-0.39, 0.29) is 0 Å². The largest absolute Gasteiger partial charge is 0.313 e. The Morgan fingerprint density at radius 1 is 1.13 bits per heavy atom. The molecule has 0 amide bonds. The highest BCUT2D eigenvalue weighted by molar-refractivity contribution is 4.89. The van der Waals surface area contributed by atoms with Crippen molar-refractivity contribution in [2.24, 2.45) is 0 Å². The Hall–Kier alpha value is -0.0800. The molecule has 1 unspecified atom stereocenters. The smallest absolute Gasteiger partial charge is 0.0202 e. The van der Waals surface area contributed by atoms with Crippen LogP contribution < -0.4 is 5.32 Å². The monoisotopic (exact) mass is 212 g/mol. The van der Waals surface area contributed by atoms with E-state index in [0.29, 0.717) is 11.6 Å². The lowest BCUT2D eigenvalue weighted by atomic mass is 9.87. The van der Waals surface area contributed by atoms with Crippen molar-refractivity contribution in [3.8, 4) is 0 Å². The van der Waals surface area contributed by atoms with Crippen LogP contribution in [0.25, 0.3) is 0 Å². The fraction of sp³-hybridized carbons (Fsp3) is 1.00. The summed E-state index contributed by atoms with van der Waals surface area (Å²) < 4.78 is 0. The summed E-state index contributed by atoms with van der Waals surface area (Å²) in [4.78, 5) is 2.73. The average Bonchev–Trinajstić information content (AvgIpc) is 2.48. The molecule has 15 heavy (non-hydrogen) atoms. The molecule has 1 heterocycles. The first kappa shape index (κ1) is 13.0. The van der Waals surface area contributed by atoms with Gasteiger partial charge in [0.05, 0.1) is 0 Å². The van der Waals surface area contributed by atoms with E-state index < -0.39 is 0 Å². The summed E-state index contributed by atoms with van der Waals surface area (Å²) >= 11 is 0. The molecule has 0 aromatic heterocycles. The van der Waals surface area contributed by atoms with Crippen molar-refractivity contribution >= 4 is 0 Å². The SMILES string of the molecule is CCC(CC)(CC)N1CCNC(C)CC1. The summed E-state index contributed by atoms with van der Waals surface area (Å²) in [5, 5.41) is 3.58. The molecule has 1 saturated heterocycles. The lowest BCUT2D eigenvalue weighted by Gasteiger charge is -2.42. The molecule has 0 saturated carbocycles. The molecule has 1 atom stereocenters. The van der Waals surface area contributed by atoms with Gasteiger partial charge in [-0.1, -0.05) is 20.8 Å². The van der Waals surface area contributed by atoms with E-state index in [1.165, 1.54) is 38.8 Å². The molecule has 0 radical (unpaired) electrons. The van der Waals surface area contributed by atoms with Crippen LogP contribution in [0.3, 0.4) is 0 Å². The molecule has 90 valence electrons. The maximum absolute atomic E-state index is 3.58. The Labute approximate surface area is 95.4 Å². The normalized spacial score (nSPS) is 25.2. The van der Waals surface area contributed by atoms with Crippen LogP contribution in [0.4, 0.5) is 0 Å². The Bertz CT molecular complexity index is 167. The van der Waals surface area contributed by atoms with Crippen LogP contribution in [0.5, 0.6) is 0 Å². The van der Waals surface area contributed by atoms with Gasteiger partial charge in [0, 0.05) is 31.2 Å². The Morgan fingerprint density at radius 2 is 1.73 bits per heavy atom. The minimum Gasteiger partial charge on any atom is -0.313 e. The first-order valence-electron chi connectivity index (χ1n) is 6.67. The Morgan fingerprint density at radius 3 is 2.27 bits per heavy atom. The number of nitrogens with zero attached hydrogens (tertiary/aromatic N) is 1. The van der Waals surface area contributed by atoms with Gasteiger partial charge < -0.3 is 5.32 Å². The Kier molecular flexibility index (Phi) is 5.07. The molecule has 0 bridgehead atoms. The molecule has 2 nitrogen and oxygen atoms in total. The molecule has 0 aromatic rings. The minimum atomic E-state index is 0.464. The van der Waals surface area contributed by atoms with E-state index in [1.807, 2.05) is 0 Å². The van der Waals surface area contributed by atoms with E-state index in [4.69, 9.17) is 0 Å². The Balaban J connectivity index is 2.66. The fourth-order valence-corrected chi connectivity index (χ4v) is 2.90. The lowest BCUT2D eigenvalue weighted by molar-refractivity contribution is 0.0801. The predicted octanol–water partition coefficient (Wildman–Crippen LogP) is 2.64. The summed E-state index contributed by atoms with van der Waals surface area (Å²) in [5.41, 5.74) is 0.464. The van der Waals surface area contributed by atoms with E-state index >= 15 is 0 Å². The molecule has 1 rings (SSSR count). The first-order valence-corrected chi connectivity index (χ1v) is 6.67. The molecule has 0 aromatic carbocycles. The highest BCUT2D eigenvalue weighted by atomic mass is 15.2. The second-order valence-electron chi connectivity index (χ2n) is 4.92. The molecule has 1 aliphatic heterocycles. The van der Waals surface area contributed by atoms with Crippen molar-refractivity contribution in [2.75, 3.05) is 19.6 Å². The van der Waals surface area contributed by atoms with Crippen LogP contribution in [0.1, 0.15) is 53.4 Å². The van der Waals surface area contributed by atoms with Crippen molar-refractivity contribution in [2.45, 2.75) is 65.0 Å². The maximum Gasteiger partial charge on any atom is 0.0202 e. The van der Waals surface area contributed by atoms with Gasteiger partial charge >= 0.3 is 0 Å². The van der Waals surface area contributed by atoms with Gasteiger partial charge in [0.25, 0.3) is 0 Å². The van der Waals surface area contributed by atoms with Gasteiger partial charge in [-0.2, -0.15) is 0 Å². The lowest BCUT2D eigenvalue weighted by Crippen LogP contribution is -2.49. The molecular formula is C13H28N2. The zero-order valence-corrected chi connectivity index (χ0v) is 11.0. The van der Waals surface area contributed by atoms with Gasteiger partial charge in [-0.25, -0.2) is 0 Å². The number of rotatable bonds is 4. The van der Waals surface area contributed by atoms with Gasteiger partial charge in [0.15, 0.2) is 0 Å². The second kappa shape index (κ2) is 5.86. The third-order valence-corrected chi connectivity index (χ3v) is 4.35. The van der Waals surface area contributed by atoms with Crippen LogP contribution in [-0.2, 0) is 0 Å². The van der Waals surface area contributed by atoms with Crippen molar-refractivity contribution in [3.63, 3.8) is 0 Å². The average molecular weight is 212 g/mol. The summed E-state index contributed by atoms with van der Waals surface area (Å²) in [7, 11) is 0. The molecular weight excluding hydrogens is 184 g/mol. The van der Waals surface area contributed by atoms with Crippen molar-refractivity contribution in [1.82, 2.24) is 10.2 Å². The van der Waals surface area contributed by atoms with Crippen molar-refractivity contribution in [1.29, 1.82) is 0 Å². The summed E-state index contributed by atoms with van der Waals surface area (Å²) in [5.74, 6) is 0. The van der Waals surface area contributed by atoms with Gasteiger partial charge in [0.2, 0.25) is 0 Å². The fourth-order valence-electron chi connectivity index (χ4n) is 2.90. The van der Waals surface area contributed by atoms with Crippen LogP contribution in [0.2, 0.25) is 0 Å². The van der Waals surface area contributed by atoms with Crippen LogP contribution in [0, 0.1) is 0 Å². The maximum atomic E-state index is 3.58. The molecule has 1 aliphatic rings. The van der Waals surface area contributed by atoms with Gasteiger partial charge in [0.1, 0.15) is 0 Å². The van der Waals surface area contributed by atoms with Crippen LogP contribution in [0.15, 0.2) is 0 Å². The third-order valence-electron chi connectivity index (χ3n) is 4.35. The zero-order chi connectivity index (χ0) is 11.3. The zero-order valence-electron chi connectivity index (χ0n) is 11.0. The first-order chi connectivity index (χ1) is 7.18. The number of hydrogen-bond donors (Lipinski definition) is 1. The van der Waals surface area contributed by atoms with Crippen LogP contribution in [-0.4, -0.2) is 36.1 Å². The van der Waals surface area contributed by atoms with Crippen molar-refractivity contribution in [3.05, 3.63) is 0 Å². The quantitative estimate of drug-likeness (QED) is 0.770. The van der Waals surface area contributed by atoms with Crippen molar-refractivity contribution < 1.29 is 0 Å². The highest BCUT2D eigenvalue weighted by Gasteiger charge is 2.32. The van der Waals surface area contributed by atoms with Gasteiger partial charge in [-0.05, 0) is 32.6 Å². The van der Waals surface area contributed by atoms with Crippen LogP contribution >= 0.6 is 0 Å². The predicted molar refractivity (Wildman–Crippen MR) is 67.3 cm³/mol. The molecule has 0 aliphatic carbocycles. The second-order valence-corrected chi connectivity index (χ2v) is 4.92. The highest BCUT2D eigenvalue weighted by Crippen LogP contribution is 2.28. The van der Waals surface area contributed by atoms with Gasteiger partial charge in [-0.15, -0.1) is 0 Å². The van der Waals surface area contributed by atoms with E-state index in [0.717, 1.165) is 6.54 Å². The standard InChI is InChI=1S/C13H28N2/c1-5-13(6-2,7-3)15-10-8-12(4)14-9-11-15/h12,14H,5-11H2,1-4H3. The summed E-state index contributed by atoms with van der Waals surface area (Å²) in [6.07, 6.45) is 5.15. The molecule has 1 fully saturated rings. The van der Waals surface area contributed by atoms with E-state index in [1.54, 1.807) is 0 Å². The summed E-state index contributed by atoms with van der Waals surface area (Å²) in [6.45, 7) is 13.0. The van der Waals surface area contributed by atoms with E-state index in [9.17, 15) is 0 Å². The topological polar surface area (TPSA) is 15.3 Å². The molecule has 2 heteroatoms. The number of hydrogen-bond acceptors (Lipinski definition) is 2. The van der Waals surface area contributed by atoms with Gasteiger partial charge in [-0.3, -0.25) is 4.90 Å². The minimum absolute atomic E-state index is 0.464. The molecule has 1 N–H and O–H groups in total. The molecule has 0 spiro atoms.